The van der Waals surface area contributed by atoms with E-state index in [4.69, 9.17) is 14.4 Å². The molecular weight excluding hydrogens is 510 g/mol. The van der Waals surface area contributed by atoms with Crippen molar-refractivity contribution in [3.8, 4) is 0 Å². The van der Waals surface area contributed by atoms with Gasteiger partial charge in [-0.05, 0) is 35.2 Å². The highest BCUT2D eigenvalue weighted by molar-refractivity contribution is 6.62. The molecule has 198 valence electrons. The van der Waals surface area contributed by atoms with Gasteiger partial charge in [-0.25, -0.2) is 8.78 Å². The van der Waals surface area contributed by atoms with E-state index in [9.17, 15) is 38.0 Å². The fraction of sp³-hybridized carbons (Fsp3) is 0.273. The lowest BCUT2D eigenvalue weighted by molar-refractivity contribution is -0.137. The van der Waals surface area contributed by atoms with E-state index in [1.807, 2.05) is 0 Å². The predicted molar refractivity (Wildman–Crippen MR) is 126 cm³/mol. The summed E-state index contributed by atoms with van der Waals surface area (Å²) in [6.45, 7) is -1.14. The van der Waals surface area contributed by atoms with Crippen LogP contribution in [0, 0.1) is 11.6 Å². The Balaban J connectivity index is 1.49. The first kappa shape index (κ1) is 27.2. The zero-order valence-corrected chi connectivity index (χ0v) is 19.6. The number of fused-ring (bicyclic) bond motifs is 2. The number of hydrogen-bond donors (Lipinski definition) is 6. The summed E-state index contributed by atoms with van der Waals surface area (Å²) in [7, 11) is -2.84. The third-order valence-corrected chi connectivity index (χ3v) is 6.01. The molecule has 0 saturated carbocycles. The number of carbonyl (C=O) groups is 4. The lowest BCUT2D eigenvalue weighted by Gasteiger charge is -2.19. The van der Waals surface area contributed by atoms with E-state index in [2.05, 4.69) is 16.0 Å². The summed E-state index contributed by atoms with van der Waals surface area (Å²) < 4.78 is 38.6. The van der Waals surface area contributed by atoms with Crippen LogP contribution in [0.4, 0.5) is 8.78 Å². The minimum atomic E-state index is -1.45. The van der Waals surface area contributed by atoms with Gasteiger partial charge in [-0.1, -0.05) is 0 Å². The Hall–Kier alpha value is -3.85. The summed E-state index contributed by atoms with van der Waals surface area (Å²) in [5.74, 6) is -5.38. The van der Waals surface area contributed by atoms with E-state index < -0.39 is 68.6 Å². The maximum atomic E-state index is 14.4. The molecule has 3 amide bonds. The van der Waals surface area contributed by atoms with E-state index in [0.717, 1.165) is 12.1 Å². The summed E-state index contributed by atoms with van der Waals surface area (Å²) >= 11 is 0. The molecule has 0 spiro atoms. The Morgan fingerprint density at radius 1 is 0.868 bits per heavy atom. The number of carbonyl (C=O) groups excluding carboxylic acids is 3. The monoisotopic (exact) mass is 531 g/mol. The highest BCUT2D eigenvalue weighted by Crippen LogP contribution is 2.17. The Morgan fingerprint density at radius 3 is 1.92 bits per heavy atom. The lowest BCUT2D eigenvalue weighted by atomic mass is 9.78. The van der Waals surface area contributed by atoms with Crippen molar-refractivity contribution in [2.24, 2.45) is 0 Å². The molecule has 2 aromatic rings. The molecule has 2 aromatic carbocycles. The van der Waals surface area contributed by atoms with Crippen molar-refractivity contribution in [2.75, 3.05) is 13.1 Å². The number of amides is 3. The second kappa shape index (κ2) is 11.3. The molecule has 0 fully saturated rings. The second-order valence-corrected chi connectivity index (χ2v) is 8.55. The fourth-order valence-electron chi connectivity index (χ4n) is 3.99. The average molecular weight is 531 g/mol. The molecule has 16 heteroatoms. The molecule has 38 heavy (non-hydrogen) atoms. The van der Waals surface area contributed by atoms with Crippen molar-refractivity contribution in [2.45, 2.75) is 25.7 Å². The minimum absolute atomic E-state index is 0.0516. The molecular formula is C22H21B2F2N3O9. The second-order valence-electron chi connectivity index (χ2n) is 8.55. The number of carboxylic acid groups (broad SMARTS) is 1. The van der Waals surface area contributed by atoms with E-state index in [-0.39, 0.29) is 52.9 Å². The quantitative estimate of drug-likeness (QED) is 0.191. The Labute approximate surface area is 214 Å². The van der Waals surface area contributed by atoms with Crippen LogP contribution in [0.5, 0.6) is 0 Å². The van der Waals surface area contributed by atoms with E-state index in [0.29, 0.717) is 0 Å². The van der Waals surface area contributed by atoms with Gasteiger partial charge in [0.25, 0.3) is 11.8 Å². The third kappa shape index (κ3) is 5.83. The van der Waals surface area contributed by atoms with Gasteiger partial charge in [-0.15, -0.1) is 0 Å². The minimum Gasteiger partial charge on any atom is -0.481 e. The van der Waals surface area contributed by atoms with Crippen molar-refractivity contribution < 1.29 is 52.4 Å². The van der Waals surface area contributed by atoms with Gasteiger partial charge in [0, 0.05) is 35.3 Å². The van der Waals surface area contributed by atoms with Crippen LogP contribution in [-0.2, 0) is 32.1 Å². The molecule has 2 heterocycles. The van der Waals surface area contributed by atoms with E-state index >= 15 is 0 Å². The highest BCUT2D eigenvalue weighted by atomic mass is 19.1. The van der Waals surface area contributed by atoms with Crippen LogP contribution in [0.15, 0.2) is 24.3 Å². The maximum Gasteiger partial charge on any atom is 0.491 e. The SMILES string of the molecule is O=C(O)CCNC(=O)[C@H](CNC(=O)c1cc(F)c2c(c1)B(O)OC2)NC(=O)c1cc(F)c2c(c1)B(O)OC2. The average Bonchev–Trinajstić information content (AvgIpc) is 3.44. The largest absolute Gasteiger partial charge is 0.491 e. The predicted octanol–water partition coefficient (Wildman–Crippen LogP) is -2.48. The number of carboxylic acids is 1. The van der Waals surface area contributed by atoms with Crippen LogP contribution < -0.4 is 26.9 Å². The van der Waals surface area contributed by atoms with Gasteiger partial charge in [-0.2, -0.15) is 0 Å². The molecule has 12 nitrogen and oxygen atoms in total. The van der Waals surface area contributed by atoms with Crippen LogP contribution in [0.25, 0.3) is 0 Å². The van der Waals surface area contributed by atoms with Gasteiger partial charge >= 0.3 is 20.2 Å². The van der Waals surface area contributed by atoms with Crippen molar-refractivity contribution in [1.82, 2.24) is 16.0 Å². The number of nitrogens with one attached hydrogen (secondary N) is 3. The molecule has 0 radical (unpaired) electrons. The molecule has 1 atom stereocenters. The normalized spacial score (nSPS) is 14.5. The molecule has 2 aliphatic rings. The van der Waals surface area contributed by atoms with Crippen LogP contribution in [0.1, 0.15) is 38.3 Å². The molecule has 0 aliphatic carbocycles. The molecule has 6 N–H and O–H groups in total. The summed E-state index contributed by atoms with van der Waals surface area (Å²) in [4.78, 5) is 49.0. The summed E-state index contributed by atoms with van der Waals surface area (Å²) in [6.07, 6.45) is -0.411. The first-order valence-electron chi connectivity index (χ1n) is 11.4. The number of hydrogen-bond acceptors (Lipinski definition) is 8. The Bertz CT molecular complexity index is 1310. The smallest absolute Gasteiger partial charge is 0.481 e. The van der Waals surface area contributed by atoms with Crippen molar-refractivity contribution in [1.29, 1.82) is 0 Å². The van der Waals surface area contributed by atoms with Gasteiger partial charge in [-0.3, -0.25) is 19.2 Å². The summed E-state index contributed by atoms with van der Waals surface area (Å²) in [5.41, 5.74) is -0.102. The first-order chi connectivity index (χ1) is 18.0. The molecule has 0 aromatic heterocycles. The fourth-order valence-corrected chi connectivity index (χ4v) is 3.99. The van der Waals surface area contributed by atoms with Gasteiger partial charge in [0.2, 0.25) is 5.91 Å². The van der Waals surface area contributed by atoms with Gasteiger partial charge < -0.3 is 40.4 Å². The zero-order chi connectivity index (χ0) is 27.6. The van der Waals surface area contributed by atoms with Crippen LogP contribution >= 0.6 is 0 Å². The third-order valence-electron chi connectivity index (χ3n) is 6.01. The number of benzene rings is 2. The van der Waals surface area contributed by atoms with Gasteiger partial charge in [0.05, 0.1) is 19.6 Å². The summed E-state index contributed by atoms with van der Waals surface area (Å²) in [6, 6.07) is 2.80. The Kier molecular flexibility index (Phi) is 8.06. The van der Waals surface area contributed by atoms with E-state index in [1.54, 1.807) is 0 Å². The Morgan fingerprint density at radius 2 is 1.39 bits per heavy atom. The van der Waals surface area contributed by atoms with Crippen molar-refractivity contribution in [3.05, 3.63) is 58.2 Å². The van der Waals surface area contributed by atoms with E-state index in [1.165, 1.54) is 12.1 Å². The van der Waals surface area contributed by atoms with Crippen LogP contribution in [0.2, 0.25) is 0 Å². The first-order valence-corrected chi connectivity index (χ1v) is 11.4. The van der Waals surface area contributed by atoms with Crippen molar-refractivity contribution >= 4 is 48.9 Å². The number of halogens is 2. The standard InChI is InChI=1S/C22H21B2F2N3O9/c25-16-5-10(3-14-12(16)8-37-23(14)35)20(32)28-7-18(22(34)27-2-1-19(30)31)29-21(33)11-4-15-13(17(26)6-11)9-38-24(15)36/h3-6,18,35-36H,1-2,7-9H2,(H,27,34)(H,28,32)(H,29,33)(H,30,31)/t18-/m0/s1. The van der Waals surface area contributed by atoms with Crippen LogP contribution in [0.3, 0.4) is 0 Å². The summed E-state index contributed by atoms with van der Waals surface area (Å²) in [5, 5.41) is 35.5. The molecule has 0 saturated heterocycles. The molecule has 0 unspecified atom stereocenters. The highest BCUT2D eigenvalue weighted by Gasteiger charge is 2.33. The van der Waals surface area contributed by atoms with Crippen molar-refractivity contribution in [3.63, 3.8) is 0 Å². The number of aliphatic carboxylic acids is 1. The van der Waals surface area contributed by atoms with Gasteiger partial charge in [0.15, 0.2) is 0 Å². The topological polar surface area (TPSA) is 184 Å². The maximum absolute atomic E-state index is 14.4. The molecule has 0 bridgehead atoms. The van der Waals surface area contributed by atoms with Crippen LogP contribution in [-0.4, -0.2) is 72.2 Å². The number of rotatable bonds is 9. The molecule has 2 aliphatic heterocycles. The molecule has 4 rings (SSSR count). The lowest BCUT2D eigenvalue weighted by Crippen LogP contribution is -2.53. The van der Waals surface area contributed by atoms with Gasteiger partial charge in [0.1, 0.15) is 17.7 Å². The zero-order valence-electron chi connectivity index (χ0n) is 19.6.